The lowest BCUT2D eigenvalue weighted by molar-refractivity contribution is 0.206. The van der Waals surface area contributed by atoms with Crippen molar-refractivity contribution in [2.45, 2.75) is 52.2 Å². The molecule has 1 aromatic carbocycles. The van der Waals surface area contributed by atoms with Gasteiger partial charge in [0.25, 0.3) is 0 Å². The molecule has 0 bridgehead atoms. The van der Waals surface area contributed by atoms with Crippen molar-refractivity contribution >= 4 is 29.9 Å². The van der Waals surface area contributed by atoms with Gasteiger partial charge in [-0.25, -0.2) is 9.38 Å². The number of nitrogens with one attached hydrogen (secondary N) is 2. The highest BCUT2D eigenvalue weighted by atomic mass is 127. The maximum absolute atomic E-state index is 13.0. The van der Waals surface area contributed by atoms with Crippen LogP contribution in [-0.2, 0) is 0 Å². The molecule has 5 nitrogen and oxygen atoms in total. The first-order valence-electron chi connectivity index (χ1n) is 9.80. The molecule has 1 aliphatic rings. The number of guanidine groups is 1. The number of ether oxygens (including phenoxy) is 1. The van der Waals surface area contributed by atoms with Crippen LogP contribution in [0.2, 0.25) is 0 Å². The van der Waals surface area contributed by atoms with Crippen LogP contribution in [0.25, 0.3) is 0 Å². The number of piperidine rings is 1. The van der Waals surface area contributed by atoms with Gasteiger partial charge >= 0.3 is 0 Å². The monoisotopic (exact) mass is 492 g/mol. The Morgan fingerprint density at radius 2 is 1.93 bits per heavy atom. The second-order valence-electron chi connectivity index (χ2n) is 6.86. The van der Waals surface area contributed by atoms with Crippen LogP contribution in [0.3, 0.4) is 0 Å². The highest BCUT2D eigenvalue weighted by molar-refractivity contribution is 14.0. The van der Waals surface area contributed by atoms with E-state index in [2.05, 4.69) is 34.4 Å². The van der Waals surface area contributed by atoms with Crippen LogP contribution in [0, 0.1) is 5.82 Å². The lowest BCUT2D eigenvalue weighted by Gasteiger charge is -2.32. The van der Waals surface area contributed by atoms with Crippen LogP contribution in [0.1, 0.15) is 40.0 Å². The summed E-state index contributed by atoms with van der Waals surface area (Å²) in [6.07, 6.45) is 3.42. The number of benzene rings is 1. The summed E-state index contributed by atoms with van der Waals surface area (Å²) in [5.74, 6) is 1.25. The third-order valence-electron chi connectivity index (χ3n) is 4.47. The van der Waals surface area contributed by atoms with E-state index in [4.69, 9.17) is 4.74 Å². The Kier molecular flexibility index (Phi) is 11.7. The molecule has 1 fully saturated rings. The van der Waals surface area contributed by atoms with Gasteiger partial charge in [0.05, 0.1) is 6.54 Å². The van der Waals surface area contributed by atoms with Crippen LogP contribution in [0.4, 0.5) is 4.39 Å². The molecule has 1 heterocycles. The van der Waals surface area contributed by atoms with Crippen molar-refractivity contribution in [3.63, 3.8) is 0 Å². The zero-order valence-electron chi connectivity index (χ0n) is 16.7. The van der Waals surface area contributed by atoms with Crippen LogP contribution >= 0.6 is 24.0 Å². The molecular weight excluding hydrogens is 458 g/mol. The zero-order valence-corrected chi connectivity index (χ0v) is 19.0. The summed E-state index contributed by atoms with van der Waals surface area (Å²) in [7, 11) is 0. The first-order valence-corrected chi connectivity index (χ1v) is 9.80. The Hall–Kier alpha value is -1.09. The lowest BCUT2D eigenvalue weighted by Crippen LogP contribution is -2.49. The normalized spacial score (nSPS) is 17.1. The Morgan fingerprint density at radius 1 is 1.26 bits per heavy atom. The SMILES string of the molecule is CCCN1CCC(NC(=NCC(C)Oc2ccc(F)cc2)NCC)CC1.I. The van der Waals surface area contributed by atoms with E-state index in [9.17, 15) is 4.39 Å². The number of hydrogen-bond donors (Lipinski definition) is 2. The maximum atomic E-state index is 13.0. The van der Waals surface area contributed by atoms with Gasteiger partial charge in [0.2, 0.25) is 0 Å². The van der Waals surface area contributed by atoms with Gasteiger partial charge in [-0.15, -0.1) is 24.0 Å². The summed E-state index contributed by atoms with van der Waals surface area (Å²) < 4.78 is 18.7. The molecule has 0 radical (unpaired) electrons. The van der Waals surface area contributed by atoms with Gasteiger partial charge in [-0.3, -0.25) is 0 Å². The molecule has 0 saturated carbocycles. The molecule has 2 N–H and O–H groups in total. The minimum atomic E-state index is -0.258. The Labute approximate surface area is 180 Å². The molecule has 1 atom stereocenters. The number of aliphatic imine (C=N–C) groups is 1. The van der Waals surface area contributed by atoms with Crippen molar-refractivity contribution in [2.75, 3.05) is 32.7 Å². The van der Waals surface area contributed by atoms with Gasteiger partial charge < -0.3 is 20.3 Å². The fourth-order valence-corrected chi connectivity index (χ4v) is 3.13. The van der Waals surface area contributed by atoms with E-state index in [-0.39, 0.29) is 35.9 Å². The number of rotatable bonds is 8. The first kappa shape index (κ1) is 23.9. The second kappa shape index (κ2) is 13.1. The van der Waals surface area contributed by atoms with Crippen LogP contribution in [0.15, 0.2) is 29.3 Å². The van der Waals surface area contributed by atoms with E-state index in [1.807, 2.05) is 6.92 Å². The highest BCUT2D eigenvalue weighted by Gasteiger charge is 2.19. The number of hydrogen-bond acceptors (Lipinski definition) is 3. The summed E-state index contributed by atoms with van der Waals surface area (Å²) >= 11 is 0. The van der Waals surface area contributed by atoms with Crippen molar-refractivity contribution in [1.29, 1.82) is 0 Å². The molecule has 27 heavy (non-hydrogen) atoms. The minimum absolute atomic E-state index is 0. The third kappa shape index (κ3) is 9.10. The Bertz CT molecular complexity index is 547. The minimum Gasteiger partial charge on any atom is -0.489 e. The van der Waals surface area contributed by atoms with Gasteiger partial charge in [0.15, 0.2) is 5.96 Å². The van der Waals surface area contributed by atoms with E-state index in [0.29, 0.717) is 18.3 Å². The average Bonchev–Trinajstić information content (AvgIpc) is 2.64. The predicted octanol–water partition coefficient (Wildman–Crippen LogP) is 3.64. The quantitative estimate of drug-likeness (QED) is 0.331. The molecule has 1 unspecified atom stereocenters. The molecule has 7 heteroatoms. The van der Waals surface area contributed by atoms with Crippen molar-refractivity contribution < 1.29 is 9.13 Å². The van der Waals surface area contributed by atoms with E-state index in [0.717, 1.165) is 38.4 Å². The molecule has 154 valence electrons. The summed E-state index contributed by atoms with van der Waals surface area (Å²) in [4.78, 5) is 7.19. The fraction of sp³-hybridized carbons (Fsp3) is 0.650. The predicted molar refractivity (Wildman–Crippen MR) is 121 cm³/mol. The molecule has 1 aromatic rings. The molecule has 0 aliphatic carbocycles. The third-order valence-corrected chi connectivity index (χ3v) is 4.47. The first-order chi connectivity index (χ1) is 12.6. The largest absolute Gasteiger partial charge is 0.489 e. The summed E-state index contributed by atoms with van der Waals surface area (Å²) in [5.41, 5.74) is 0. The Balaban J connectivity index is 0.00000364. The number of halogens is 2. The van der Waals surface area contributed by atoms with Gasteiger partial charge in [-0.2, -0.15) is 0 Å². The van der Waals surface area contributed by atoms with Crippen molar-refractivity contribution in [2.24, 2.45) is 4.99 Å². The van der Waals surface area contributed by atoms with E-state index < -0.39 is 0 Å². The van der Waals surface area contributed by atoms with Gasteiger partial charge in [-0.1, -0.05) is 6.92 Å². The smallest absolute Gasteiger partial charge is 0.191 e. The van der Waals surface area contributed by atoms with Crippen molar-refractivity contribution in [1.82, 2.24) is 15.5 Å². The van der Waals surface area contributed by atoms with Crippen LogP contribution < -0.4 is 15.4 Å². The second-order valence-corrected chi connectivity index (χ2v) is 6.86. The molecule has 0 aromatic heterocycles. The Morgan fingerprint density at radius 3 is 2.52 bits per heavy atom. The molecule has 1 saturated heterocycles. The van der Waals surface area contributed by atoms with E-state index >= 15 is 0 Å². The molecule has 1 aliphatic heterocycles. The molecule has 2 rings (SSSR count). The summed E-state index contributed by atoms with van der Waals surface area (Å²) in [5, 5.41) is 6.87. The number of nitrogens with zero attached hydrogens (tertiary/aromatic N) is 2. The molecule has 0 amide bonds. The van der Waals surface area contributed by atoms with Gasteiger partial charge in [0.1, 0.15) is 17.7 Å². The molecule has 0 spiro atoms. The topological polar surface area (TPSA) is 48.9 Å². The van der Waals surface area contributed by atoms with Crippen LogP contribution in [0.5, 0.6) is 5.75 Å². The summed E-state index contributed by atoms with van der Waals surface area (Å²) in [6, 6.07) is 6.56. The average molecular weight is 492 g/mol. The summed E-state index contributed by atoms with van der Waals surface area (Å²) in [6.45, 7) is 11.1. The number of likely N-dealkylation sites (tertiary alicyclic amines) is 1. The highest BCUT2D eigenvalue weighted by Crippen LogP contribution is 2.13. The lowest BCUT2D eigenvalue weighted by atomic mass is 10.1. The van der Waals surface area contributed by atoms with Gasteiger partial charge in [-0.05, 0) is 63.9 Å². The van der Waals surface area contributed by atoms with E-state index in [1.54, 1.807) is 12.1 Å². The standard InChI is InChI=1S/C20H33FN4O.HI/c1-4-12-25-13-10-18(11-14-25)24-20(22-5-2)23-15-16(3)26-19-8-6-17(21)7-9-19;/h6-9,16,18H,4-5,10-15H2,1-3H3,(H2,22,23,24);1H. The van der Waals surface area contributed by atoms with Gasteiger partial charge in [0, 0.05) is 25.7 Å². The van der Waals surface area contributed by atoms with E-state index in [1.165, 1.54) is 25.1 Å². The maximum Gasteiger partial charge on any atom is 0.191 e. The molecular formula is C20H34FIN4O. The van der Waals surface area contributed by atoms with Crippen molar-refractivity contribution in [3.8, 4) is 5.75 Å². The van der Waals surface area contributed by atoms with Crippen molar-refractivity contribution in [3.05, 3.63) is 30.1 Å². The van der Waals surface area contributed by atoms with Crippen LogP contribution in [-0.4, -0.2) is 55.7 Å². The zero-order chi connectivity index (χ0) is 18.8. The fourth-order valence-electron chi connectivity index (χ4n) is 3.13.